The molecule has 5 nitrogen and oxygen atoms in total. The van der Waals surface area contributed by atoms with Gasteiger partial charge < -0.3 is 19.5 Å². The highest BCUT2D eigenvalue weighted by Gasteiger charge is 2.22. The summed E-state index contributed by atoms with van der Waals surface area (Å²) in [6.07, 6.45) is 0.251. The second kappa shape index (κ2) is 8.03. The highest BCUT2D eigenvalue weighted by atomic mass is 16.5. The number of carbonyl (C=O) groups excluding carboxylic acids is 1. The molecular weight excluding hydrogens is 318 g/mol. The molecule has 1 fully saturated rings. The largest absolute Gasteiger partial charge is 0.508 e. The minimum absolute atomic E-state index is 0.0188. The van der Waals surface area contributed by atoms with Gasteiger partial charge in [0.25, 0.3) is 0 Å². The monoisotopic (exact) mass is 341 g/mol. The lowest BCUT2D eigenvalue weighted by Crippen LogP contribution is -2.45. The van der Waals surface area contributed by atoms with E-state index in [1.807, 2.05) is 37.3 Å². The SMILES string of the molecule is CC1CN(C(=O)Cc2cc(O)ccc2OCc2ccccc2)CCO1. The lowest BCUT2D eigenvalue weighted by atomic mass is 10.1. The van der Waals surface area contributed by atoms with E-state index in [1.54, 1.807) is 23.1 Å². The number of phenolic OH excluding ortho intramolecular Hbond substituents is 1. The second-order valence-corrected chi connectivity index (χ2v) is 6.26. The van der Waals surface area contributed by atoms with Gasteiger partial charge in [-0.3, -0.25) is 4.79 Å². The molecule has 1 atom stereocenters. The molecule has 1 amide bonds. The van der Waals surface area contributed by atoms with E-state index in [9.17, 15) is 9.90 Å². The fourth-order valence-electron chi connectivity index (χ4n) is 2.90. The zero-order chi connectivity index (χ0) is 17.6. The van der Waals surface area contributed by atoms with Crippen LogP contribution >= 0.6 is 0 Å². The standard InChI is InChI=1S/C20H23NO4/c1-15-13-21(9-10-24-15)20(23)12-17-11-18(22)7-8-19(17)25-14-16-5-3-2-4-6-16/h2-8,11,15,22H,9-10,12-14H2,1H3. The topological polar surface area (TPSA) is 59.0 Å². The number of ether oxygens (including phenoxy) is 2. The van der Waals surface area contributed by atoms with Crippen molar-refractivity contribution in [1.82, 2.24) is 4.90 Å². The highest BCUT2D eigenvalue weighted by Crippen LogP contribution is 2.25. The van der Waals surface area contributed by atoms with E-state index in [0.29, 0.717) is 37.6 Å². The van der Waals surface area contributed by atoms with Gasteiger partial charge in [-0.2, -0.15) is 0 Å². The number of hydrogen-bond acceptors (Lipinski definition) is 4. The molecule has 0 aromatic heterocycles. The minimum Gasteiger partial charge on any atom is -0.508 e. The molecule has 1 unspecified atom stereocenters. The Hall–Kier alpha value is -2.53. The number of rotatable bonds is 5. The molecule has 1 aliphatic heterocycles. The Morgan fingerprint density at radius 3 is 2.84 bits per heavy atom. The van der Waals surface area contributed by atoms with E-state index in [0.717, 1.165) is 5.56 Å². The molecule has 1 N–H and O–H groups in total. The van der Waals surface area contributed by atoms with Crippen molar-refractivity contribution in [3.63, 3.8) is 0 Å². The summed E-state index contributed by atoms with van der Waals surface area (Å²) in [5.41, 5.74) is 1.75. The van der Waals surface area contributed by atoms with Crippen molar-refractivity contribution in [2.75, 3.05) is 19.7 Å². The lowest BCUT2D eigenvalue weighted by molar-refractivity contribution is -0.137. The van der Waals surface area contributed by atoms with Crippen molar-refractivity contribution in [2.45, 2.75) is 26.1 Å². The summed E-state index contributed by atoms with van der Waals surface area (Å²) >= 11 is 0. The number of morpholine rings is 1. The molecule has 3 rings (SSSR count). The van der Waals surface area contributed by atoms with Crippen LogP contribution in [0.25, 0.3) is 0 Å². The molecule has 0 aliphatic carbocycles. The number of nitrogens with zero attached hydrogens (tertiary/aromatic N) is 1. The predicted molar refractivity (Wildman–Crippen MR) is 94.6 cm³/mol. The van der Waals surface area contributed by atoms with Crippen LogP contribution in [0, 0.1) is 0 Å². The third-order valence-electron chi connectivity index (χ3n) is 4.22. The Balaban J connectivity index is 1.69. The van der Waals surface area contributed by atoms with Crippen molar-refractivity contribution >= 4 is 5.91 Å². The van der Waals surface area contributed by atoms with Crippen LogP contribution in [0.1, 0.15) is 18.1 Å². The summed E-state index contributed by atoms with van der Waals surface area (Å²) in [6, 6.07) is 14.7. The Bertz CT molecular complexity index is 717. The fraction of sp³-hybridized carbons (Fsp3) is 0.350. The van der Waals surface area contributed by atoms with Crippen molar-refractivity contribution in [2.24, 2.45) is 0 Å². The first-order chi connectivity index (χ1) is 12.1. The molecule has 1 heterocycles. The van der Waals surface area contributed by atoms with Crippen LogP contribution in [0.2, 0.25) is 0 Å². The summed E-state index contributed by atoms with van der Waals surface area (Å²) in [6.45, 7) is 4.13. The van der Waals surface area contributed by atoms with Gasteiger partial charge in [0.15, 0.2) is 0 Å². The summed E-state index contributed by atoms with van der Waals surface area (Å²) in [7, 11) is 0. The molecule has 2 aromatic rings. The highest BCUT2D eigenvalue weighted by molar-refractivity contribution is 5.79. The molecule has 132 valence electrons. The number of aromatic hydroxyl groups is 1. The van der Waals surface area contributed by atoms with Gasteiger partial charge in [-0.15, -0.1) is 0 Å². The van der Waals surface area contributed by atoms with E-state index in [4.69, 9.17) is 9.47 Å². The van der Waals surface area contributed by atoms with E-state index < -0.39 is 0 Å². The maximum atomic E-state index is 12.6. The Labute approximate surface area is 147 Å². The van der Waals surface area contributed by atoms with Gasteiger partial charge in [0.2, 0.25) is 5.91 Å². The maximum Gasteiger partial charge on any atom is 0.227 e. The van der Waals surface area contributed by atoms with Gasteiger partial charge in [0.1, 0.15) is 18.1 Å². The molecule has 5 heteroatoms. The van der Waals surface area contributed by atoms with Crippen molar-refractivity contribution in [1.29, 1.82) is 0 Å². The van der Waals surface area contributed by atoms with Crippen LogP contribution in [0.15, 0.2) is 48.5 Å². The summed E-state index contributed by atoms with van der Waals surface area (Å²) in [5, 5.41) is 9.79. The van der Waals surface area contributed by atoms with Crippen molar-refractivity contribution in [3.05, 3.63) is 59.7 Å². The van der Waals surface area contributed by atoms with E-state index in [-0.39, 0.29) is 24.2 Å². The quantitative estimate of drug-likeness (QED) is 0.908. The van der Waals surface area contributed by atoms with Crippen molar-refractivity contribution in [3.8, 4) is 11.5 Å². The molecule has 25 heavy (non-hydrogen) atoms. The van der Waals surface area contributed by atoms with Gasteiger partial charge in [-0.25, -0.2) is 0 Å². The van der Waals surface area contributed by atoms with E-state index in [2.05, 4.69) is 0 Å². The molecule has 2 aromatic carbocycles. The zero-order valence-corrected chi connectivity index (χ0v) is 14.4. The zero-order valence-electron chi connectivity index (χ0n) is 14.4. The predicted octanol–water partition coefficient (Wildman–Crippen LogP) is 2.76. The Kier molecular flexibility index (Phi) is 5.56. The average molecular weight is 341 g/mol. The third-order valence-corrected chi connectivity index (χ3v) is 4.22. The maximum absolute atomic E-state index is 12.6. The lowest BCUT2D eigenvalue weighted by Gasteiger charge is -2.31. The Morgan fingerprint density at radius 1 is 1.28 bits per heavy atom. The van der Waals surface area contributed by atoms with Crippen LogP contribution in [0.4, 0.5) is 0 Å². The third kappa shape index (κ3) is 4.73. The van der Waals surface area contributed by atoms with Crippen LogP contribution in [0.3, 0.4) is 0 Å². The first-order valence-electron chi connectivity index (χ1n) is 8.50. The van der Waals surface area contributed by atoms with Gasteiger partial charge in [-0.1, -0.05) is 30.3 Å². The van der Waals surface area contributed by atoms with Gasteiger partial charge in [0, 0.05) is 18.7 Å². The summed E-state index contributed by atoms with van der Waals surface area (Å²) in [5.74, 6) is 0.770. The first-order valence-corrected chi connectivity index (χ1v) is 8.50. The first kappa shape index (κ1) is 17.3. The molecule has 0 saturated carbocycles. The van der Waals surface area contributed by atoms with E-state index >= 15 is 0 Å². The molecule has 1 aliphatic rings. The van der Waals surface area contributed by atoms with Crippen molar-refractivity contribution < 1.29 is 19.4 Å². The number of hydrogen-bond donors (Lipinski definition) is 1. The van der Waals surface area contributed by atoms with Gasteiger partial charge >= 0.3 is 0 Å². The molecular formula is C20H23NO4. The smallest absolute Gasteiger partial charge is 0.227 e. The average Bonchev–Trinajstić information content (AvgIpc) is 2.62. The number of phenols is 1. The number of benzene rings is 2. The van der Waals surface area contributed by atoms with E-state index in [1.165, 1.54) is 0 Å². The van der Waals surface area contributed by atoms with Gasteiger partial charge in [-0.05, 0) is 30.7 Å². The molecule has 1 saturated heterocycles. The molecule has 0 radical (unpaired) electrons. The Morgan fingerprint density at radius 2 is 2.08 bits per heavy atom. The summed E-state index contributed by atoms with van der Waals surface area (Å²) < 4.78 is 11.4. The number of amides is 1. The minimum atomic E-state index is 0.0188. The normalized spacial score (nSPS) is 17.3. The molecule has 0 spiro atoms. The van der Waals surface area contributed by atoms with Crippen LogP contribution < -0.4 is 4.74 Å². The van der Waals surface area contributed by atoms with Crippen LogP contribution in [-0.4, -0.2) is 41.7 Å². The number of carbonyl (C=O) groups is 1. The fourth-order valence-corrected chi connectivity index (χ4v) is 2.90. The van der Waals surface area contributed by atoms with Gasteiger partial charge in [0.05, 0.1) is 19.1 Å². The van der Waals surface area contributed by atoms with Crippen LogP contribution in [0.5, 0.6) is 11.5 Å². The molecule has 0 bridgehead atoms. The second-order valence-electron chi connectivity index (χ2n) is 6.26. The van der Waals surface area contributed by atoms with Crippen LogP contribution in [-0.2, 0) is 22.6 Å². The summed E-state index contributed by atoms with van der Waals surface area (Å²) in [4.78, 5) is 14.4.